The first-order valence-electron chi connectivity index (χ1n) is 13.1. The zero-order valence-electron chi connectivity index (χ0n) is 22.8. The molecule has 5 aromatic rings. The number of carbonyl (C=O) groups is 3. The molecule has 14 heteroatoms. The lowest BCUT2D eigenvalue weighted by molar-refractivity contribution is -0.387. The highest BCUT2D eigenvalue weighted by Gasteiger charge is 2.25. The van der Waals surface area contributed by atoms with Crippen LogP contribution in [0.4, 0.5) is 17.1 Å². The molecular weight excluding hydrogens is 635 g/mol. The molecule has 222 valence electrons. The summed E-state index contributed by atoms with van der Waals surface area (Å²) in [7, 11) is 0. The van der Waals surface area contributed by atoms with Gasteiger partial charge in [0.1, 0.15) is 0 Å². The zero-order valence-corrected chi connectivity index (χ0v) is 25.2. The van der Waals surface area contributed by atoms with Crippen LogP contribution in [0.1, 0.15) is 26.3 Å². The van der Waals surface area contributed by atoms with Crippen molar-refractivity contribution in [3.63, 3.8) is 0 Å². The Hall–Kier alpha value is -5.31. The average Bonchev–Trinajstić information content (AvgIpc) is 3.59. The molecule has 1 aliphatic heterocycles. The van der Waals surface area contributed by atoms with E-state index in [9.17, 15) is 29.6 Å². The first-order valence-corrected chi connectivity index (χ1v) is 15.5. The number of anilines is 1. The number of amidine groups is 1. The van der Waals surface area contributed by atoms with Crippen molar-refractivity contribution in [1.82, 2.24) is 10.3 Å². The second-order valence-corrected chi connectivity index (χ2v) is 12.8. The first-order chi connectivity index (χ1) is 21.7. The lowest BCUT2D eigenvalue weighted by Gasteiger charge is -2.04. The Morgan fingerprint density at radius 2 is 1.80 bits per heavy atom. The van der Waals surface area contributed by atoms with Crippen LogP contribution < -0.4 is 10.6 Å². The van der Waals surface area contributed by atoms with Crippen LogP contribution in [0.15, 0.2) is 110 Å². The number of nitrogens with zero attached hydrogens (tertiary/aromatic N) is 3. The Morgan fingerprint density at radius 3 is 2.58 bits per heavy atom. The molecule has 11 nitrogen and oxygen atoms in total. The van der Waals surface area contributed by atoms with Gasteiger partial charge in [0.15, 0.2) is 9.51 Å². The Labute approximate surface area is 267 Å². The summed E-state index contributed by atoms with van der Waals surface area (Å²) in [5.74, 6) is -1.75. The Morgan fingerprint density at radius 1 is 1.00 bits per heavy atom. The third-order valence-corrected chi connectivity index (χ3v) is 9.37. The summed E-state index contributed by atoms with van der Waals surface area (Å²) in [4.78, 5) is 57.4. The number of aromatic carboxylic acids is 1. The van der Waals surface area contributed by atoms with Gasteiger partial charge in [0.25, 0.3) is 17.5 Å². The molecule has 45 heavy (non-hydrogen) atoms. The zero-order chi connectivity index (χ0) is 31.5. The molecule has 0 atom stereocenters. The van der Waals surface area contributed by atoms with Crippen molar-refractivity contribution in [3.05, 3.63) is 123 Å². The number of rotatable bonds is 8. The van der Waals surface area contributed by atoms with Crippen LogP contribution in [-0.4, -0.2) is 38.0 Å². The number of thioether (sulfide) groups is 1. The fourth-order valence-corrected chi connectivity index (χ4v) is 7.21. The summed E-state index contributed by atoms with van der Waals surface area (Å²) >= 11 is 3.54. The van der Waals surface area contributed by atoms with Crippen LogP contribution in [0.2, 0.25) is 0 Å². The minimum absolute atomic E-state index is 0.0649. The Kier molecular flexibility index (Phi) is 8.42. The first kappa shape index (κ1) is 29.7. The van der Waals surface area contributed by atoms with Crippen molar-refractivity contribution in [3.8, 4) is 0 Å². The van der Waals surface area contributed by atoms with Crippen molar-refractivity contribution in [1.29, 1.82) is 0 Å². The number of amides is 2. The van der Waals surface area contributed by atoms with Crippen LogP contribution in [0.3, 0.4) is 0 Å². The molecular formula is C31H19N5O6S3. The number of hydrogen-bond donors (Lipinski definition) is 3. The van der Waals surface area contributed by atoms with Gasteiger partial charge in [-0.25, -0.2) is 14.8 Å². The van der Waals surface area contributed by atoms with E-state index >= 15 is 0 Å². The van der Waals surface area contributed by atoms with Crippen LogP contribution in [0, 0.1) is 10.1 Å². The van der Waals surface area contributed by atoms with Crippen molar-refractivity contribution in [2.45, 2.75) is 9.24 Å². The third-order valence-electron chi connectivity index (χ3n) is 6.31. The van der Waals surface area contributed by atoms with Gasteiger partial charge in [-0.2, -0.15) is 0 Å². The predicted octanol–water partition coefficient (Wildman–Crippen LogP) is 7.20. The molecule has 0 radical (unpaired) electrons. The van der Waals surface area contributed by atoms with E-state index in [0.717, 1.165) is 28.2 Å². The highest BCUT2D eigenvalue weighted by molar-refractivity contribution is 8.18. The van der Waals surface area contributed by atoms with E-state index < -0.39 is 16.8 Å². The van der Waals surface area contributed by atoms with Gasteiger partial charge in [0.2, 0.25) is 0 Å². The van der Waals surface area contributed by atoms with Gasteiger partial charge in [-0.15, -0.1) is 11.3 Å². The Balaban J connectivity index is 1.19. The molecule has 2 heterocycles. The Bertz CT molecular complexity index is 2080. The standard InChI is InChI=1S/C31H19N5O6S3/c37-27(18-5-2-1-3-6-18)32-21-10-11-22-25(16-21)45-31(34-22)44-24-12-9-17(13-23(24)36(41)42)14-26-28(38)35-30(43-26)33-20-8-4-7-19(15-20)29(39)40/h1-16H,(H,32,37)(H,39,40)(H,33,35,38)/b26-14-. The molecule has 3 N–H and O–H groups in total. The maximum atomic E-state index is 12.6. The molecule has 1 aromatic heterocycles. The normalized spacial score (nSPS) is 14.5. The summed E-state index contributed by atoms with van der Waals surface area (Å²) in [6, 6.07) is 24.9. The topological polar surface area (TPSA) is 164 Å². The minimum atomic E-state index is -1.09. The summed E-state index contributed by atoms with van der Waals surface area (Å²) in [5.41, 5.74) is 2.56. The molecule has 0 unspecified atom stereocenters. The number of fused-ring (bicyclic) bond motifs is 1. The molecule has 0 saturated carbocycles. The third kappa shape index (κ3) is 6.93. The number of benzene rings is 4. The van der Waals surface area contributed by atoms with Crippen LogP contribution in [0.25, 0.3) is 16.3 Å². The number of carboxylic acid groups (broad SMARTS) is 1. The molecule has 1 aliphatic rings. The molecule has 0 bridgehead atoms. The molecule has 1 saturated heterocycles. The lowest BCUT2D eigenvalue weighted by atomic mass is 10.2. The van der Waals surface area contributed by atoms with E-state index in [1.165, 1.54) is 35.6 Å². The number of nitro benzene ring substituents is 1. The van der Waals surface area contributed by atoms with Crippen molar-refractivity contribution in [2.75, 3.05) is 5.32 Å². The number of nitro groups is 1. The monoisotopic (exact) mass is 653 g/mol. The van der Waals surface area contributed by atoms with Gasteiger partial charge < -0.3 is 15.7 Å². The highest BCUT2D eigenvalue weighted by Crippen LogP contribution is 2.40. The number of hydrogen-bond acceptors (Lipinski definition) is 10. The number of carbonyl (C=O) groups excluding carboxylic acids is 2. The van der Waals surface area contributed by atoms with Crippen molar-refractivity contribution < 1.29 is 24.4 Å². The van der Waals surface area contributed by atoms with E-state index in [0.29, 0.717) is 37.3 Å². The van der Waals surface area contributed by atoms with E-state index in [1.807, 2.05) is 12.1 Å². The average molecular weight is 654 g/mol. The number of carboxylic acids is 1. The van der Waals surface area contributed by atoms with Crippen LogP contribution in [0.5, 0.6) is 0 Å². The molecule has 4 aromatic carbocycles. The summed E-state index contributed by atoms with van der Waals surface area (Å²) in [6.07, 6.45) is 1.53. The predicted molar refractivity (Wildman–Crippen MR) is 175 cm³/mol. The van der Waals surface area contributed by atoms with Gasteiger partial charge in [0, 0.05) is 17.3 Å². The highest BCUT2D eigenvalue weighted by atomic mass is 32.2. The molecule has 0 spiro atoms. The second kappa shape index (κ2) is 12.7. The largest absolute Gasteiger partial charge is 0.478 e. The van der Waals surface area contributed by atoms with Gasteiger partial charge in [-0.3, -0.25) is 19.7 Å². The number of aromatic nitrogens is 1. The summed E-state index contributed by atoms with van der Waals surface area (Å²) < 4.78 is 1.40. The van der Waals surface area contributed by atoms with E-state index in [4.69, 9.17) is 0 Å². The maximum absolute atomic E-state index is 12.6. The second-order valence-electron chi connectivity index (χ2n) is 9.41. The van der Waals surface area contributed by atoms with Crippen molar-refractivity contribution >= 4 is 91.2 Å². The molecule has 6 rings (SSSR count). The molecule has 1 fully saturated rings. The van der Waals surface area contributed by atoms with Crippen LogP contribution in [-0.2, 0) is 4.79 Å². The van der Waals surface area contributed by atoms with Crippen molar-refractivity contribution in [2.24, 2.45) is 4.99 Å². The fraction of sp³-hybridized carbons (Fsp3) is 0. The van der Waals surface area contributed by atoms with E-state index in [-0.39, 0.29) is 27.2 Å². The van der Waals surface area contributed by atoms with Gasteiger partial charge >= 0.3 is 5.97 Å². The molecule has 2 amide bonds. The van der Waals surface area contributed by atoms with E-state index in [2.05, 4.69) is 20.6 Å². The maximum Gasteiger partial charge on any atom is 0.335 e. The summed E-state index contributed by atoms with van der Waals surface area (Å²) in [6.45, 7) is 0. The number of aliphatic imine (C=N–C) groups is 1. The van der Waals surface area contributed by atoms with Gasteiger partial charge in [-0.1, -0.05) is 42.1 Å². The van der Waals surface area contributed by atoms with Gasteiger partial charge in [0.05, 0.1) is 36.2 Å². The summed E-state index contributed by atoms with van der Waals surface area (Å²) in [5, 5.41) is 26.9. The van der Waals surface area contributed by atoms with E-state index in [1.54, 1.807) is 60.7 Å². The van der Waals surface area contributed by atoms with Gasteiger partial charge in [-0.05, 0) is 78.0 Å². The quantitative estimate of drug-likeness (QED) is 0.0892. The minimum Gasteiger partial charge on any atom is -0.478 e. The SMILES string of the molecule is O=C1NC(=Nc2cccc(C(=O)O)c2)S/C1=C\c1ccc(Sc2nc3ccc(NC(=O)c4ccccc4)cc3s2)c([N+](=O)[O-])c1. The fourth-order valence-electron chi connectivity index (χ4n) is 4.22. The lowest BCUT2D eigenvalue weighted by Crippen LogP contribution is -2.19. The number of thiazole rings is 1. The molecule has 0 aliphatic carbocycles. The van der Waals surface area contributed by atoms with Crippen LogP contribution >= 0.6 is 34.9 Å². The number of nitrogens with one attached hydrogen (secondary N) is 2. The smallest absolute Gasteiger partial charge is 0.335 e.